The van der Waals surface area contributed by atoms with Gasteiger partial charge in [0.15, 0.2) is 0 Å². The minimum atomic E-state index is 0.145. The van der Waals surface area contributed by atoms with E-state index in [9.17, 15) is 0 Å². The summed E-state index contributed by atoms with van der Waals surface area (Å²) in [6, 6.07) is 5.77. The molecule has 1 N–H and O–H groups in total. The summed E-state index contributed by atoms with van der Waals surface area (Å²) in [5.74, 6) is 0.622. The molecular formula is C13H15N5. The number of pyridine rings is 1. The van der Waals surface area contributed by atoms with E-state index in [-0.39, 0.29) is 6.04 Å². The predicted octanol–water partition coefficient (Wildman–Crippen LogP) is 1.96. The third-order valence-electron chi connectivity index (χ3n) is 2.53. The van der Waals surface area contributed by atoms with E-state index in [0.717, 1.165) is 12.1 Å². The smallest absolute Gasteiger partial charge is 0.144 e. The highest BCUT2D eigenvalue weighted by molar-refractivity contribution is 5.51. The van der Waals surface area contributed by atoms with E-state index in [0.29, 0.717) is 11.4 Å². The molecule has 0 amide bonds. The summed E-state index contributed by atoms with van der Waals surface area (Å²) in [5.41, 5.74) is 1.69. The van der Waals surface area contributed by atoms with Crippen molar-refractivity contribution in [3.05, 3.63) is 41.9 Å². The molecule has 1 atom stereocenters. The predicted molar refractivity (Wildman–Crippen MR) is 69.0 cm³/mol. The van der Waals surface area contributed by atoms with Gasteiger partial charge in [0.1, 0.15) is 11.9 Å². The monoisotopic (exact) mass is 241 g/mol. The number of nitrogens with one attached hydrogen (secondary N) is 1. The molecule has 0 spiro atoms. The Balaban J connectivity index is 2.03. The number of rotatable bonds is 4. The zero-order valence-corrected chi connectivity index (χ0v) is 10.5. The molecule has 18 heavy (non-hydrogen) atoms. The van der Waals surface area contributed by atoms with Crippen molar-refractivity contribution in [2.45, 2.75) is 26.4 Å². The largest absolute Gasteiger partial charge is 0.365 e. The van der Waals surface area contributed by atoms with Crippen molar-refractivity contribution < 1.29 is 0 Å². The number of aryl methyl sites for hydroxylation is 1. The Morgan fingerprint density at radius 1 is 1.56 bits per heavy atom. The van der Waals surface area contributed by atoms with Crippen LogP contribution < -0.4 is 5.32 Å². The van der Waals surface area contributed by atoms with Gasteiger partial charge in [0.05, 0.1) is 18.3 Å². The SMILES string of the molecule is Cc1cnn(C[C@H](C)Nc2ncccc2C#N)c1. The Morgan fingerprint density at radius 3 is 3.06 bits per heavy atom. The van der Waals surface area contributed by atoms with E-state index in [2.05, 4.69) is 21.5 Å². The van der Waals surface area contributed by atoms with Crippen molar-refractivity contribution in [1.82, 2.24) is 14.8 Å². The first kappa shape index (κ1) is 12.1. The zero-order valence-electron chi connectivity index (χ0n) is 10.5. The van der Waals surface area contributed by atoms with E-state index >= 15 is 0 Å². The lowest BCUT2D eigenvalue weighted by Gasteiger charge is -2.15. The summed E-state index contributed by atoms with van der Waals surface area (Å²) < 4.78 is 1.88. The lowest BCUT2D eigenvalue weighted by molar-refractivity contribution is 0.559. The van der Waals surface area contributed by atoms with Gasteiger partial charge in [-0.05, 0) is 31.5 Å². The molecule has 2 aromatic heterocycles. The highest BCUT2D eigenvalue weighted by Gasteiger charge is 2.08. The van der Waals surface area contributed by atoms with Gasteiger partial charge in [0, 0.05) is 18.4 Å². The van der Waals surface area contributed by atoms with Gasteiger partial charge < -0.3 is 5.32 Å². The van der Waals surface area contributed by atoms with Crippen LogP contribution in [0.3, 0.4) is 0 Å². The van der Waals surface area contributed by atoms with Crippen molar-refractivity contribution >= 4 is 5.82 Å². The standard InChI is InChI=1S/C13H15N5/c1-10-7-16-18(8-10)9-11(2)17-13-12(6-14)4-3-5-15-13/h3-5,7-8,11H,9H2,1-2H3,(H,15,17)/t11-/m0/s1. The first-order valence-electron chi connectivity index (χ1n) is 5.80. The molecule has 0 aromatic carbocycles. The van der Waals surface area contributed by atoms with Gasteiger partial charge >= 0.3 is 0 Å². The van der Waals surface area contributed by atoms with Crippen LogP contribution in [0.1, 0.15) is 18.1 Å². The van der Waals surface area contributed by atoms with E-state index in [1.807, 2.05) is 30.9 Å². The second-order valence-electron chi connectivity index (χ2n) is 4.30. The summed E-state index contributed by atoms with van der Waals surface area (Å²) in [4.78, 5) is 4.17. The third-order valence-corrected chi connectivity index (χ3v) is 2.53. The maximum absolute atomic E-state index is 8.98. The molecule has 0 fully saturated rings. The van der Waals surface area contributed by atoms with Gasteiger partial charge in [-0.2, -0.15) is 10.4 Å². The van der Waals surface area contributed by atoms with E-state index in [1.165, 1.54) is 0 Å². The average Bonchev–Trinajstić information content (AvgIpc) is 2.75. The number of hydrogen-bond donors (Lipinski definition) is 1. The summed E-state index contributed by atoms with van der Waals surface area (Å²) in [6.45, 7) is 4.77. The van der Waals surface area contributed by atoms with Gasteiger partial charge in [0.25, 0.3) is 0 Å². The Morgan fingerprint density at radius 2 is 2.39 bits per heavy atom. The summed E-state index contributed by atoms with van der Waals surface area (Å²) in [7, 11) is 0. The van der Waals surface area contributed by atoms with Crippen molar-refractivity contribution in [3.8, 4) is 6.07 Å². The number of hydrogen-bond acceptors (Lipinski definition) is 4. The second-order valence-corrected chi connectivity index (χ2v) is 4.30. The van der Waals surface area contributed by atoms with Crippen molar-refractivity contribution in [2.75, 3.05) is 5.32 Å². The molecule has 0 radical (unpaired) electrons. The average molecular weight is 241 g/mol. The molecule has 0 saturated carbocycles. The topological polar surface area (TPSA) is 66.5 Å². The van der Waals surface area contributed by atoms with Crippen LogP contribution in [0, 0.1) is 18.3 Å². The highest BCUT2D eigenvalue weighted by Crippen LogP contribution is 2.11. The van der Waals surface area contributed by atoms with E-state index < -0.39 is 0 Å². The normalized spacial score (nSPS) is 11.8. The number of aromatic nitrogens is 3. The molecule has 92 valence electrons. The van der Waals surface area contributed by atoms with Crippen LogP contribution in [0.2, 0.25) is 0 Å². The molecular weight excluding hydrogens is 226 g/mol. The third kappa shape index (κ3) is 2.86. The summed E-state index contributed by atoms with van der Waals surface area (Å²) >= 11 is 0. The maximum atomic E-state index is 8.98. The number of anilines is 1. The molecule has 5 heteroatoms. The fraction of sp³-hybridized carbons (Fsp3) is 0.308. The van der Waals surface area contributed by atoms with Crippen LogP contribution in [-0.2, 0) is 6.54 Å². The van der Waals surface area contributed by atoms with Gasteiger partial charge in [-0.15, -0.1) is 0 Å². The van der Waals surface area contributed by atoms with E-state index in [4.69, 9.17) is 5.26 Å². The second kappa shape index (κ2) is 5.32. The fourth-order valence-electron chi connectivity index (χ4n) is 1.74. The summed E-state index contributed by atoms with van der Waals surface area (Å²) in [5, 5.41) is 16.4. The zero-order chi connectivity index (χ0) is 13.0. The van der Waals surface area contributed by atoms with Crippen molar-refractivity contribution in [2.24, 2.45) is 0 Å². The summed E-state index contributed by atoms with van der Waals surface area (Å²) in [6.07, 6.45) is 5.49. The van der Waals surface area contributed by atoms with Crippen molar-refractivity contribution in [3.63, 3.8) is 0 Å². The number of nitrogens with zero attached hydrogens (tertiary/aromatic N) is 4. The molecule has 2 aromatic rings. The van der Waals surface area contributed by atoms with E-state index in [1.54, 1.807) is 18.3 Å². The quantitative estimate of drug-likeness (QED) is 0.888. The lowest BCUT2D eigenvalue weighted by Crippen LogP contribution is -2.23. The molecule has 0 unspecified atom stereocenters. The maximum Gasteiger partial charge on any atom is 0.144 e. The fourth-order valence-corrected chi connectivity index (χ4v) is 1.74. The van der Waals surface area contributed by atoms with Crippen molar-refractivity contribution in [1.29, 1.82) is 5.26 Å². The molecule has 2 heterocycles. The molecule has 0 saturated heterocycles. The Bertz CT molecular complexity index is 567. The molecule has 0 aliphatic rings. The van der Waals surface area contributed by atoms with Gasteiger partial charge in [-0.3, -0.25) is 4.68 Å². The van der Waals surface area contributed by atoms with Crippen LogP contribution in [0.5, 0.6) is 0 Å². The van der Waals surface area contributed by atoms with Gasteiger partial charge in [-0.1, -0.05) is 0 Å². The van der Waals surface area contributed by atoms with Crippen LogP contribution in [0.4, 0.5) is 5.82 Å². The van der Waals surface area contributed by atoms with Crippen LogP contribution in [0.25, 0.3) is 0 Å². The minimum absolute atomic E-state index is 0.145. The first-order chi connectivity index (χ1) is 8.69. The van der Waals surface area contributed by atoms with Crippen LogP contribution in [-0.4, -0.2) is 20.8 Å². The Labute approximate surface area is 106 Å². The first-order valence-corrected chi connectivity index (χ1v) is 5.80. The lowest BCUT2D eigenvalue weighted by atomic mass is 10.2. The number of nitriles is 1. The van der Waals surface area contributed by atoms with Crippen LogP contribution in [0.15, 0.2) is 30.7 Å². The minimum Gasteiger partial charge on any atom is -0.365 e. The molecule has 5 nitrogen and oxygen atoms in total. The highest BCUT2D eigenvalue weighted by atomic mass is 15.3. The molecule has 0 aliphatic heterocycles. The van der Waals surface area contributed by atoms with Gasteiger partial charge in [-0.25, -0.2) is 4.98 Å². The Kier molecular flexibility index (Phi) is 3.58. The molecule has 2 rings (SSSR count). The molecule has 0 bridgehead atoms. The Hall–Kier alpha value is -2.35. The van der Waals surface area contributed by atoms with Crippen LogP contribution >= 0.6 is 0 Å². The molecule has 0 aliphatic carbocycles. The van der Waals surface area contributed by atoms with Gasteiger partial charge in [0.2, 0.25) is 0 Å².